The van der Waals surface area contributed by atoms with E-state index in [4.69, 9.17) is 4.74 Å². The van der Waals surface area contributed by atoms with Gasteiger partial charge >= 0.3 is 5.97 Å². The van der Waals surface area contributed by atoms with E-state index in [2.05, 4.69) is 56.5 Å². The molecule has 0 bridgehead atoms. The Balaban J connectivity index is 4.83. The Bertz CT molecular complexity index is 1100. The maximum atomic E-state index is 13.1. The maximum Gasteiger partial charge on any atom is 0.306 e. The number of rotatable bonds is 39. The van der Waals surface area contributed by atoms with Gasteiger partial charge in [0.1, 0.15) is 6.10 Å². The number of nitrogens with one attached hydrogen (secondary N) is 1. The number of carbonyl (C=O) groups excluding carboxylic acids is 2. The molecule has 3 unspecified atom stereocenters. The quantitative estimate of drug-likeness (QED) is 0.0328. The van der Waals surface area contributed by atoms with Crippen molar-refractivity contribution in [1.29, 1.82) is 0 Å². The van der Waals surface area contributed by atoms with Crippen molar-refractivity contribution in [1.82, 2.24) is 5.32 Å². The van der Waals surface area contributed by atoms with Crippen LogP contribution < -0.4 is 5.32 Å². The lowest BCUT2D eigenvalue weighted by Gasteiger charge is -2.24. The molecular formula is C50H85NO5. The van der Waals surface area contributed by atoms with Crippen LogP contribution in [0.25, 0.3) is 0 Å². The summed E-state index contributed by atoms with van der Waals surface area (Å²) in [6.07, 6.45) is 55.1. The van der Waals surface area contributed by atoms with Gasteiger partial charge in [-0.3, -0.25) is 9.59 Å². The van der Waals surface area contributed by atoms with Crippen LogP contribution in [-0.4, -0.2) is 46.9 Å². The van der Waals surface area contributed by atoms with Crippen molar-refractivity contribution in [3.05, 3.63) is 85.1 Å². The van der Waals surface area contributed by atoms with E-state index in [1.54, 1.807) is 0 Å². The Morgan fingerprint density at radius 1 is 0.536 bits per heavy atom. The Morgan fingerprint density at radius 3 is 1.52 bits per heavy atom. The van der Waals surface area contributed by atoms with E-state index < -0.39 is 18.2 Å². The van der Waals surface area contributed by atoms with E-state index in [9.17, 15) is 19.8 Å². The van der Waals surface area contributed by atoms with E-state index in [0.29, 0.717) is 19.3 Å². The van der Waals surface area contributed by atoms with E-state index in [1.165, 1.54) is 89.9 Å². The molecule has 1 amide bonds. The zero-order valence-electron chi connectivity index (χ0n) is 36.2. The summed E-state index contributed by atoms with van der Waals surface area (Å²) in [5.74, 6) is -0.619. The van der Waals surface area contributed by atoms with Gasteiger partial charge in [-0.1, -0.05) is 209 Å². The number of hydrogen-bond acceptors (Lipinski definition) is 5. The van der Waals surface area contributed by atoms with Gasteiger partial charge in [-0.25, -0.2) is 0 Å². The van der Waals surface area contributed by atoms with Gasteiger partial charge in [0.15, 0.2) is 0 Å². The van der Waals surface area contributed by atoms with Crippen molar-refractivity contribution in [2.75, 3.05) is 6.61 Å². The minimum atomic E-state index is -0.813. The van der Waals surface area contributed by atoms with E-state index in [1.807, 2.05) is 54.7 Å². The van der Waals surface area contributed by atoms with Crippen molar-refractivity contribution in [3.8, 4) is 0 Å². The second kappa shape index (κ2) is 43.2. The molecule has 0 aliphatic carbocycles. The lowest BCUT2D eigenvalue weighted by molar-refractivity contribution is -0.151. The third kappa shape index (κ3) is 37.9. The number of allylic oxidation sites excluding steroid dienone is 14. The van der Waals surface area contributed by atoms with Crippen LogP contribution in [0.1, 0.15) is 194 Å². The average Bonchev–Trinajstić information content (AvgIpc) is 3.19. The van der Waals surface area contributed by atoms with E-state index in [0.717, 1.165) is 51.4 Å². The number of aliphatic hydroxyl groups excluding tert-OH is 2. The topological polar surface area (TPSA) is 95.9 Å². The summed E-state index contributed by atoms with van der Waals surface area (Å²) < 4.78 is 5.83. The largest absolute Gasteiger partial charge is 0.462 e. The zero-order chi connectivity index (χ0) is 41.0. The summed E-state index contributed by atoms with van der Waals surface area (Å²) in [6.45, 7) is 6.26. The monoisotopic (exact) mass is 780 g/mol. The van der Waals surface area contributed by atoms with Gasteiger partial charge < -0.3 is 20.3 Å². The van der Waals surface area contributed by atoms with Crippen molar-refractivity contribution < 1.29 is 24.5 Å². The molecule has 6 heteroatoms. The fraction of sp³-hybridized carbons (Fsp3) is 0.680. The number of carbonyl (C=O) groups is 2. The summed E-state index contributed by atoms with van der Waals surface area (Å²) in [5, 5.41) is 23.6. The van der Waals surface area contributed by atoms with Crippen LogP contribution in [0.5, 0.6) is 0 Å². The maximum absolute atomic E-state index is 13.1. The number of hydrogen-bond donors (Lipinski definition) is 3. The Kier molecular flexibility index (Phi) is 40.9. The van der Waals surface area contributed by atoms with Crippen LogP contribution in [-0.2, 0) is 14.3 Å². The minimum Gasteiger partial charge on any atom is -0.462 e. The van der Waals surface area contributed by atoms with Gasteiger partial charge in [-0.2, -0.15) is 0 Å². The Morgan fingerprint density at radius 2 is 0.982 bits per heavy atom. The molecule has 0 fully saturated rings. The molecule has 0 aliphatic rings. The van der Waals surface area contributed by atoms with E-state index >= 15 is 0 Å². The van der Waals surface area contributed by atoms with Crippen LogP contribution in [0.15, 0.2) is 85.1 Å². The molecule has 0 heterocycles. The lowest BCUT2D eigenvalue weighted by atomic mass is 10.0. The molecule has 3 atom stereocenters. The number of esters is 1. The second-order valence-corrected chi connectivity index (χ2v) is 15.2. The van der Waals surface area contributed by atoms with Gasteiger partial charge in [-0.05, 0) is 57.8 Å². The molecule has 320 valence electrons. The fourth-order valence-corrected chi connectivity index (χ4v) is 6.40. The van der Waals surface area contributed by atoms with Gasteiger partial charge in [0, 0.05) is 6.42 Å². The van der Waals surface area contributed by atoms with Gasteiger partial charge in [-0.15, -0.1) is 0 Å². The first-order valence-electron chi connectivity index (χ1n) is 22.9. The van der Waals surface area contributed by atoms with Gasteiger partial charge in [0.25, 0.3) is 0 Å². The summed E-state index contributed by atoms with van der Waals surface area (Å²) in [4.78, 5) is 25.9. The van der Waals surface area contributed by atoms with Gasteiger partial charge in [0.05, 0.1) is 25.2 Å². The fourth-order valence-electron chi connectivity index (χ4n) is 6.40. The number of aliphatic hydroxyl groups is 2. The van der Waals surface area contributed by atoms with Crippen LogP contribution in [0.3, 0.4) is 0 Å². The molecule has 0 aliphatic heterocycles. The minimum absolute atomic E-state index is 0.0115. The second-order valence-electron chi connectivity index (χ2n) is 15.2. The normalized spacial score (nSPS) is 14.2. The molecule has 0 aromatic carbocycles. The number of ether oxygens (including phenoxy) is 1. The van der Waals surface area contributed by atoms with Crippen molar-refractivity contribution in [2.45, 2.75) is 212 Å². The highest BCUT2D eigenvalue weighted by Gasteiger charge is 2.23. The first kappa shape index (κ1) is 53.0. The number of unbranched alkanes of at least 4 members (excludes halogenated alkanes) is 18. The highest BCUT2D eigenvalue weighted by Crippen LogP contribution is 2.16. The van der Waals surface area contributed by atoms with Crippen LogP contribution in [0, 0.1) is 0 Å². The van der Waals surface area contributed by atoms with Crippen molar-refractivity contribution in [2.24, 2.45) is 0 Å². The molecule has 0 spiro atoms. The molecule has 56 heavy (non-hydrogen) atoms. The molecule has 0 saturated carbocycles. The molecule has 0 aromatic heterocycles. The molecule has 0 radical (unpaired) electrons. The van der Waals surface area contributed by atoms with Crippen LogP contribution >= 0.6 is 0 Å². The Hall–Kier alpha value is -2.96. The number of amides is 1. The molecule has 0 rings (SSSR count). The molecule has 0 saturated heterocycles. The molecular weight excluding hydrogens is 695 g/mol. The average molecular weight is 780 g/mol. The molecule has 0 aromatic rings. The van der Waals surface area contributed by atoms with Crippen molar-refractivity contribution in [3.63, 3.8) is 0 Å². The van der Waals surface area contributed by atoms with Crippen molar-refractivity contribution >= 4 is 11.9 Å². The third-order valence-corrected chi connectivity index (χ3v) is 9.86. The smallest absolute Gasteiger partial charge is 0.306 e. The standard InChI is InChI=1S/C50H85NO5/c1-4-7-10-13-16-19-22-24-26-27-29-32-35-38-41-46(56-50(55)43-40-37-34-31-28-25-23-20-17-14-11-8-5-2)44-49(54)51-47(45-52)48(53)42-39-36-33-30-21-18-15-12-9-6-3/h8,11,14,17,20,23,25-29,31-32,34,46-48,52-53H,4-7,9-10,12-13,15-16,18-19,21-22,24,30,33,35-45H2,1-3H3,(H,51,54)/b11-8+,17-14+,23-20-,27-26+,28-25-,32-29+,34-31+. The summed E-state index contributed by atoms with van der Waals surface area (Å²) in [6, 6.07) is -0.732. The summed E-state index contributed by atoms with van der Waals surface area (Å²) in [7, 11) is 0. The third-order valence-electron chi connectivity index (χ3n) is 9.86. The molecule has 3 N–H and O–H groups in total. The Labute approximate surface area is 344 Å². The van der Waals surface area contributed by atoms with Crippen LogP contribution in [0.2, 0.25) is 0 Å². The SMILES string of the molecule is CC/C=C/C=C/C=C\C=C/C=C/CCCC(=O)OC(CCC/C=C/C=C/CCCCCCCCC)CC(=O)NC(CO)C(O)CCCCCCCCCCCC. The lowest BCUT2D eigenvalue weighted by Crippen LogP contribution is -2.46. The van der Waals surface area contributed by atoms with E-state index in [-0.39, 0.29) is 31.3 Å². The molecule has 6 nitrogen and oxygen atoms in total. The highest BCUT2D eigenvalue weighted by atomic mass is 16.5. The predicted molar refractivity (Wildman–Crippen MR) is 241 cm³/mol. The summed E-state index contributed by atoms with van der Waals surface area (Å²) >= 11 is 0. The predicted octanol–water partition coefficient (Wildman–Crippen LogP) is 13.2. The van der Waals surface area contributed by atoms with Gasteiger partial charge in [0.2, 0.25) is 5.91 Å². The highest BCUT2D eigenvalue weighted by molar-refractivity contribution is 5.77. The van der Waals surface area contributed by atoms with Crippen LogP contribution in [0.4, 0.5) is 0 Å². The first-order chi connectivity index (χ1) is 27.5. The summed E-state index contributed by atoms with van der Waals surface area (Å²) in [5.41, 5.74) is 0. The zero-order valence-corrected chi connectivity index (χ0v) is 36.2. The first-order valence-corrected chi connectivity index (χ1v) is 22.9.